The van der Waals surface area contributed by atoms with E-state index in [1.54, 1.807) is 17.0 Å². The van der Waals surface area contributed by atoms with Crippen LogP contribution in [0.2, 0.25) is 0 Å². The lowest BCUT2D eigenvalue weighted by molar-refractivity contribution is 0.0915. The SMILES string of the molecule is CC(C)c1nc2c(c(-c3ccc(F)cc3)c1CO)CN(C(=O)OCCS(C)(C)C)CC2(C)C. The Kier molecular flexibility index (Phi) is 7.44. The fourth-order valence-electron chi connectivity index (χ4n) is 4.40. The minimum absolute atomic E-state index is 0.107. The van der Waals surface area contributed by atoms with Crippen molar-refractivity contribution in [2.45, 2.75) is 52.2 Å². The number of halogens is 1. The van der Waals surface area contributed by atoms with Crippen molar-refractivity contribution in [3.8, 4) is 11.1 Å². The van der Waals surface area contributed by atoms with Crippen molar-refractivity contribution in [3.05, 3.63) is 52.6 Å². The van der Waals surface area contributed by atoms with Gasteiger partial charge < -0.3 is 14.7 Å². The van der Waals surface area contributed by atoms with Crippen molar-refractivity contribution in [1.82, 2.24) is 9.88 Å². The molecule has 2 aromatic rings. The molecule has 5 nitrogen and oxygen atoms in total. The number of aromatic nitrogens is 1. The predicted octanol–water partition coefficient (Wildman–Crippen LogP) is 5.43. The van der Waals surface area contributed by atoms with Crippen molar-refractivity contribution in [1.29, 1.82) is 0 Å². The number of rotatable bonds is 6. The molecule has 2 heterocycles. The van der Waals surface area contributed by atoms with Gasteiger partial charge in [0.2, 0.25) is 0 Å². The third kappa shape index (κ3) is 5.69. The third-order valence-corrected chi connectivity index (χ3v) is 7.42. The molecule has 0 unspecified atom stereocenters. The summed E-state index contributed by atoms with van der Waals surface area (Å²) in [4.78, 5) is 19.7. The lowest BCUT2D eigenvalue weighted by atomic mass is 9.78. The monoisotopic (exact) mass is 476 g/mol. The van der Waals surface area contributed by atoms with Gasteiger partial charge in [0.1, 0.15) is 12.4 Å². The quantitative estimate of drug-likeness (QED) is 0.604. The summed E-state index contributed by atoms with van der Waals surface area (Å²) in [5.41, 5.74) is 4.63. The molecule has 0 aliphatic carbocycles. The average molecular weight is 477 g/mol. The van der Waals surface area contributed by atoms with Crippen LogP contribution >= 0.6 is 10.0 Å². The molecule has 33 heavy (non-hydrogen) atoms. The van der Waals surface area contributed by atoms with Crippen LogP contribution in [0.25, 0.3) is 11.1 Å². The van der Waals surface area contributed by atoms with Gasteiger partial charge in [0.05, 0.1) is 18.8 Å². The Bertz CT molecular complexity index is 1010. The zero-order valence-corrected chi connectivity index (χ0v) is 21.7. The Hall–Kier alpha value is -2.12. The summed E-state index contributed by atoms with van der Waals surface area (Å²) in [5.74, 6) is 0.652. The molecule has 1 aromatic carbocycles. The number of aliphatic hydroxyl groups is 1. The molecule has 182 valence electrons. The number of carbonyl (C=O) groups is 1. The first-order valence-corrected chi connectivity index (χ1v) is 14.4. The predicted molar refractivity (Wildman–Crippen MR) is 135 cm³/mol. The Labute approximate surface area is 198 Å². The first-order chi connectivity index (χ1) is 15.3. The molecule has 1 aliphatic heterocycles. The van der Waals surface area contributed by atoms with E-state index in [-0.39, 0.29) is 24.4 Å². The van der Waals surface area contributed by atoms with E-state index in [4.69, 9.17) is 9.72 Å². The van der Waals surface area contributed by atoms with Crippen molar-refractivity contribution in [2.24, 2.45) is 0 Å². The maximum Gasteiger partial charge on any atom is 0.410 e. The van der Waals surface area contributed by atoms with Gasteiger partial charge in [-0.05, 0) is 47.9 Å². The van der Waals surface area contributed by atoms with E-state index in [0.29, 0.717) is 19.7 Å². The molecule has 1 amide bonds. The second kappa shape index (κ2) is 9.63. The number of fused-ring (bicyclic) bond motifs is 1. The van der Waals surface area contributed by atoms with E-state index in [9.17, 15) is 14.3 Å². The maximum absolute atomic E-state index is 13.7. The summed E-state index contributed by atoms with van der Waals surface area (Å²) in [6.07, 6.45) is 6.26. The van der Waals surface area contributed by atoms with E-state index in [0.717, 1.165) is 39.4 Å². The van der Waals surface area contributed by atoms with Gasteiger partial charge in [-0.15, -0.1) is 0 Å². The molecule has 1 aliphatic rings. The highest BCUT2D eigenvalue weighted by atomic mass is 32.3. The number of amides is 1. The standard InChI is InChI=1S/C26H37FN2O3S/c1-17(2)23-21(15-30)22(18-8-10-19(27)11-9-18)20-14-29(16-26(3,4)24(20)28-23)25(31)32-12-13-33(5,6)7/h8-11,17,30H,12-16H2,1-7H3. The highest BCUT2D eigenvalue weighted by Gasteiger charge is 2.39. The fourth-order valence-corrected chi connectivity index (χ4v) is 4.98. The smallest absolute Gasteiger partial charge is 0.410 e. The van der Waals surface area contributed by atoms with E-state index in [1.807, 2.05) is 0 Å². The van der Waals surface area contributed by atoms with Gasteiger partial charge >= 0.3 is 6.09 Å². The minimum atomic E-state index is -0.754. The van der Waals surface area contributed by atoms with Gasteiger partial charge in [-0.25, -0.2) is 19.2 Å². The molecule has 0 spiro atoms. The molecule has 0 bridgehead atoms. The van der Waals surface area contributed by atoms with E-state index in [2.05, 4.69) is 46.5 Å². The highest BCUT2D eigenvalue weighted by molar-refractivity contribution is 8.32. The number of benzene rings is 1. The lowest BCUT2D eigenvalue weighted by Gasteiger charge is -2.40. The summed E-state index contributed by atoms with van der Waals surface area (Å²) in [7, 11) is -0.754. The summed E-state index contributed by atoms with van der Waals surface area (Å²) in [5, 5.41) is 10.3. The second-order valence-corrected chi connectivity index (χ2v) is 15.2. The largest absolute Gasteiger partial charge is 0.449 e. The first kappa shape index (κ1) is 25.5. The van der Waals surface area contributed by atoms with Gasteiger partial charge in [0.25, 0.3) is 0 Å². The molecule has 0 atom stereocenters. The normalized spacial score (nSPS) is 16.0. The Morgan fingerprint density at radius 3 is 2.42 bits per heavy atom. The molecule has 0 fully saturated rings. The molecular formula is C26H37FN2O3S. The van der Waals surface area contributed by atoms with Gasteiger partial charge in [-0.2, -0.15) is 0 Å². The molecule has 3 rings (SSSR count). The average Bonchev–Trinajstić information content (AvgIpc) is 2.71. The van der Waals surface area contributed by atoms with E-state index >= 15 is 0 Å². The zero-order valence-electron chi connectivity index (χ0n) is 20.9. The van der Waals surface area contributed by atoms with Crippen LogP contribution in [0.5, 0.6) is 0 Å². The van der Waals surface area contributed by atoms with Gasteiger partial charge in [-0.1, -0.05) is 39.8 Å². The number of ether oxygens (including phenoxy) is 1. The summed E-state index contributed by atoms with van der Waals surface area (Å²) in [6.45, 7) is 9.32. The topological polar surface area (TPSA) is 62.7 Å². The molecule has 7 heteroatoms. The zero-order chi connectivity index (χ0) is 24.6. The number of hydrogen-bond acceptors (Lipinski definition) is 4. The van der Waals surface area contributed by atoms with Crippen LogP contribution in [0.4, 0.5) is 9.18 Å². The fraction of sp³-hybridized carbons (Fsp3) is 0.538. The van der Waals surface area contributed by atoms with Crippen LogP contribution < -0.4 is 0 Å². The number of pyridine rings is 1. The van der Waals surface area contributed by atoms with Crippen LogP contribution in [0.15, 0.2) is 24.3 Å². The van der Waals surface area contributed by atoms with E-state index < -0.39 is 15.4 Å². The van der Waals surface area contributed by atoms with Crippen molar-refractivity contribution in [2.75, 3.05) is 37.7 Å². The number of nitrogens with zero attached hydrogens (tertiary/aromatic N) is 2. The summed E-state index contributed by atoms with van der Waals surface area (Å²) >= 11 is 0. The minimum Gasteiger partial charge on any atom is -0.449 e. The third-order valence-electron chi connectivity index (χ3n) is 6.02. The number of carbonyl (C=O) groups excluding carboxylic acids is 1. The molecular weight excluding hydrogens is 439 g/mol. The summed E-state index contributed by atoms with van der Waals surface area (Å²) in [6, 6.07) is 6.30. The molecule has 1 N–H and O–H groups in total. The van der Waals surface area contributed by atoms with Gasteiger partial charge in [0, 0.05) is 34.5 Å². The molecule has 0 saturated carbocycles. The van der Waals surface area contributed by atoms with Crippen molar-refractivity contribution >= 4 is 16.1 Å². The Morgan fingerprint density at radius 1 is 1.24 bits per heavy atom. The maximum atomic E-state index is 13.7. The van der Waals surface area contributed by atoms with E-state index in [1.165, 1.54) is 12.1 Å². The number of aliphatic hydroxyl groups excluding tert-OH is 1. The van der Waals surface area contributed by atoms with Crippen LogP contribution in [-0.4, -0.2) is 58.8 Å². The van der Waals surface area contributed by atoms with Gasteiger partial charge in [-0.3, -0.25) is 4.98 Å². The number of hydrogen-bond donors (Lipinski definition) is 1. The second-order valence-electron chi connectivity index (χ2n) is 10.6. The van der Waals surface area contributed by atoms with Crippen LogP contribution in [0.1, 0.15) is 56.1 Å². The Morgan fingerprint density at radius 2 is 1.88 bits per heavy atom. The van der Waals surface area contributed by atoms with Crippen molar-refractivity contribution < 1.29 is 19.0 Å². The molecule has 0 saturated heterocycles. The lowest BCUT2D eigenvalue weighted by Crippen LogP contribution is -2.46. The van der Waals surface area contributed by atoms with Gasteiger partial charge in [0.15, 0.2) is 0 Å². The molecule has 1 aromatic heterocycles. The van der Waals surface area contributed by atoms with Crippen LogP contribution in [0, 0.1) is 5.82 Å². The first-order valence-electron chi connectivity index (χ1n) is 11.3. The van der Waals surface area contributed by atoms with Crippen molar-refractivity contribution in [3.63, 3.8) is 0 Å². The van der Waals surface area contributed by atoms with Crippen LogP contribution in [-0.2, 0) is 23.3 Å². The highest BCUT2D eigenvalue weighted by Crippen LogP contribution is 2.42. The molecule has 0 radical (unpaired) electrons. The van der Waals surface area contributed by atoms with Crippen LogP contribution in [0.3, 0.4) is 0 Å². The summed E-state index contributed by atoms with van der Waals surface area (Å²) < 4.78 is 19.3. The Balaban J connectivity index is 2.10.